The minimum Gasteiger partial charge on any atom is -0.376 e. The van der Waals surface area contributed by atoms with Gasteiger partial charge < -0.3 is 9.38 Å². The fourth-order valence-corrected chi connectivity index (χ4v) is 13.1. The molecule has 3 heteroatoms. The highest BCUT2D eigenvalue weighted by molar-refractivity contribution is 6.93. The SMILES string of the molecule is CC(C)(C)c1ccc(N2B3c4cc5c(cc4-n4c6cc7c(cc6c6ccc(c3c64)-c3cc4c(cc32)C(C)(C)CCC4(C)C)-c2ccccc2C7(C)C)C(C)(C)CCC5(C)C)cc1. The maximum atomic E-state index is 2.79. The minimum absolute atomic E-state index is 0.00131. The molecule has 0 unspecified atom stereocenters. The van der Waals surface area contributed by atoms with Crippen molar-refractivity contribution in [1.82, 2.24) is 4.57 Å². The molecule has 6 aromatic carbocycles. The molecule has 5 aliphatic rings. The molecule has 0 atom stereocenters. The average Bonchev–Trinajstić information content (AvgIpc) is 3.67. The van der Waals surface area contributed by atoms with Gasteiger partial charge in [0.05, 0.1) is 11.0 Å². The second-order valence-electron chi connectivity index (χ2n) is 24.3. The van der Waals surface area contributed by atoms with E-state index in [4.69, 9.17) is 0 Å². The maximum absolute atomic E-state index is 2.79. The first-order valence-electron chi connectivity index (χ1n) is 23.6. The van der Waals surface area contributed by atoms with Gasteiger partial charge in [0.15, 0.2) is 0 Å². The second-order valence-corrected chi connectivity index (χ2v) is 24.3. The van der Waals surface area contributed by atoms with Gasteiger partial charge in [-0.1, -0.05) is 145 Å². The Morgan fingerprint density at radius 1 is 0.484 bits per heavy atom. The van der Waals surface area contributed by atoms with Crippen molar-refractivity contribution in [2.75, 3.05) is 4.81 Å². The molecule has 2 nitrogen and oxygen atoms in total. The number of hydrogen-bond donors (Lipinski definition) is 0. The van der Waals surface area contributed by atoms with E-state index in [-0.39, 0.29) is 39.3 Å². The molecule has 62 heavy (non-hydrogen) atoms. The Kier molecular flexibility index (Phi) is 7.33. The van der Waals surface area contributed by atoms with E-state index >= 15 is 0 Å². The zero-order valence-corrected chi connectivity index (χ0v) is 39.5. The van der Waals surface area contributed by atoms with Gasteiger partial charge in [-0.2, -0.15) is 0 Å². The van der Waals surface area contributed by atoms with Crippen LogP contribution in [0.15, 0.2) is 97.1 Å². The van der Waals surface area contributed by atoms with Crippen LogP contribution in [-0.2, 0) is 32.5 Å². The zero-order valence-electron chi connectivity index (χ0n) is 39.5. The smallest absolute Gasteiger partial charge is 0.333 e. The predicted molar refractivity (Wildman–Crippen MR) is 267 cm³/mol. The van der Waals surface area contributed by atoms with E-state index in [1.54, 1.807) is 0 Å². The zero-order chi connectivity index (χ0) is 43.4. The number of fused-ring (bicyclic) bond motifs is 13. The third kappa shape index (κ3) is 4.89. The van der Waals surface area contributed by atoms with Crippen LogP contribution in [0, 0.1) is 0 Å². The second kappa shape index (κ2) is 11.8. The highest BCUT2D eigenvalue weighted by Crippen LogP contribution is 2.55. The van der Waals surface area contributed by atoms with Crippen molar-refractivity contribution >= 4 is 51.0 Å². The van der Waals surface area contributed by atoms with Crippen LogP contribution >= 0.6 is 0 Å². The lowest BCUT2D eigenvalue weighted by atomic mass is 9.43. The van der Waals surface area contributed by atoms with Crippen molar-refractivity contribution in [2.24, 2.45) is 0 Å². The standard InChI is InChI=1S/C59H63BN2/c1-54(2,3)34-18-20-35(21-19-34)62-50-32-46-44(55(4,5)24-26-57(46,8)9)29-41(50)37-22-23-38-40-28-39-36-16-14-15-17-42(36)59(12,13)43(39)31-49(40)61-51-33-47-45(56(6,7)25-27-58(47,10)11)30-48(51)60(62)52(37)53(38)61/h14-23,28-33H,24-27H2,1-13H3. The van der Waals surface area contributed by atoms with Gasteiger partial charge in [0.25, 0.3) is 0 Å². The molecule has 1 aromatic heterocycles. The summed E-state index contributed by atoms with van der Waals surface area (Å²) >= 11 is 0. The number of nitrogens with zero attached hydrogens (tertiary/aromatic N) is 2. The van der Waals surface area contributed by atoms with Crippen LogP contribution in [0.4, 0.5) is 11.4 Å². The summed E-state index contributed by atoms with van der Waals surface area (Å²) in [4.78, 5) is 2.79. The van der Waals surface area contributed by atoms with E-state index < -0.39 is 0 Å². The number of rotatable bonds is 1. The molecule has 0 saturated carbocycles. The topological polar surface area (TPSA) is 8.17 Å². The van der Waals surface area contributed by atoms with Crippen molar-refractivity contribution in [3.63, 3.8) is 0 Å². The molecule has 312 valence electrons. The molecule has 3 heterocycles. The molecule has 0 fully saturated rings. The minimum atomic E-state index is -0.0905. The van der Waals surface area contributed by atoms with Gasteiger partial charge >= 0.3 is 6.85 Å². The largest absolute Gasteiger partial charge is 0.376 e. The Morgan fingerprint density at radius 2 is 1.06 bits per heavy atom. The summed E-state index contributed by atoms with van der Waals surface area (Å²) in [6.45, 7) is 31.8. The highest BCUT2D eigenvalue weighted by Gasteiger charge is 2.49. The van der Waals surface area contributed by atoms with Crippen molar-refractivity contribution in [3.05, 3.63) is 136 Å². The number of aromatic nitrogens is 1. The summed E-state index contributed by atoms with van der Waals surface area (Å²) in [5.74, 6) is 0. The Hall–Kier alpha value is -5.02. The third-order valence-electron chi connectivity index (χ3n) is 17.3. The van der Waals surface area contributed by atoms with Crippen molar-refractivity contribution < 1.29 is 0 Å². The van der Waals surface area contributed by atoms with Crippen LogP contribution in [-0.4, -0.2) is 11.4 Å². The van der Waals surface area contributed by atoms with Crippen LogP contribution < -0.4 is 15.7 Å². The molecular weight excluding hydrogens is 747 g/mol. The van der Waals surface area contributed by atoms with Crippen molar-refractivity contribution in [3.8, 4) is 27.9 Å². The highest BCUT2D eigenvalue weighted by atomic mass is 15.1. The molecule has 3 aliphatic carbocycles. The summed E-state index contributed by atoms with van der Waals surface area (Å²) in [5, 5.41) is 2.72. The van der Waals surface area contributed by atoms with Gasteiger partial charge in [0, 0.05) is 38.8 Å². The Labute approximate surface area is 370 Å². The van der Waals surface area contributed by atoms with Gasteiger partial charge in [-0.3, -0.25) is 0 Å². The van der Waals surface area contributed by atoms with Crippen molar-refractivity contribution in [2.45, 2.75) is 148 Å². The molecular formula is C59H63BN2. The fourth-order valence-electron chi connectivity index (χ4n) is 13.1. The van der Waals surface area contributed by atoms with E-state index in [1.807, 2.05) is 0 Å². The predicted octanol–water partition coefficient (Wildman–Crippen LogP) is 14.3. The first-order chi connectivity index (χ1) is 29.1. The summed E-state index contributed by atoms with van der Waals surface area (Å²) in [5.41, 5.74) is 25.8. The molecule has 0 spiro atoms. The molecule has 7 aromatic rings. The summed E-state index contributed by atoms with van der Waals surface area (Å²) in [6.07, 6.45) is 4.77. The number of benzene rings is 6. The monoisotopic (exact) mass is 811 g/mol. The van der Waals surface area contributed by atoms with Crippen LogP contribution in [0.1, 0.15) is 155 Å². The number of anilines is 2. The van der Waals surface area contributed by atoms with Gasteiger partial charge in [-0.15, -0.1) is 0 Å². The Morgan fingerprint density at radius 3 is 1.69 bits per heavy atom. The molecule has 12 rings (SSSR count). The number of hydrogen-bond acceptors (Lipinski definition) is 1. The van der Waals surface area contributed by atoms with Crippen LogP contribution in [0.3, 0.4) is 0 Å². The molecule has 0 amide bonds. The summed E-state index contributed by atoms with van der Waals surface area (Å²) in [6, 6.07) is 39.6. The summed E-state index contributed by atoms with van der Waals surface area (Å²) < 4.78 is 2.74. The van der Waals surface area contributed by atoms with E-state index in [0.29, 0.717) is 0 Å². The quantitative estimate of drug-likeness (QED) is 0.150. The Balaban J connectivity index is 1.26. The summed E-state index contributed by atoms with van der Waals surface area (Å²) in [7, 11) is 0. The molecule has 0 saturated heterocycles. The normalized spacial score (nSPS) is 20.0. The lowest BCUT2D eigenvalue weighted by Gasteiger charge is -2.47. The molecule has 0 radical (unpaired) electrons. The lowest BCUT2D eigenvalue weighted by Crippen LogP contribution is -2.61. The first kappa shape index (κ1) is 38.6. The first-order valence-corrected chi connectivity index (χ1v) is 23.6. The van der Waals surface area contributed by atoms with Gasteiger partial charge in [-0.05, 0) is 162 Å². The lowest BCUT2D eigenvalue weighted by molar-refractivity contribution is 0.332. The van der Waals surface area contributed by atoms with Gasteiger partial charge in [0.2, 0.25) is 0 Å². The Bertz CT molecular complexity index is 3140. The van der Waals surface area contributed by atoms with Gasteiger partial charge in [-0.25, -0.2) is 0 Å². The van der Waals surface area contributed by atoms with Crippen LogP contribution in [0.2, 0.25) is 0 Å². The van der Waals surface area contributed by atoms with Crippen molar-refractivity contribution in [1.29, 1.82) is 0 Å². The molecule has 0 bridgehead atoms. The van der Waals surface area contributed by atoms with E-state index in [9.17, 15) is 0 Å². The maximum Gasteiger partial charge on any atom is 0.333 e. The average molecular weight is 811 g/mol. The van der Waals surface area contributed by atoms with E-state index in [2.05, 4.69) is 196 Å². The van der Waals surface area contributed by atoms with Gasteiger partial charge in [0.1, 0.15) is 0 Å². The fraction of sp³-hybridized carbons (Fsp3) is 0.390. The van der Waals surface area contributed by atoms with E-state index in [1.165, 1.54) is 137 Å². The van der Waals surface area contributed by atoms with Crippen LogP contribution in [0.5, 0.6) is 0 Å². The van der Waals surface area contributed by atoms with E-state index in [0.717, 1.165) is 0 Å². The molecule has 2 aliphatic heterocycles. The third-order valence-corrected chi connectivity index (χ3v) is 17.3. The molecule has 0 N–H and O–H groups in total. The van der Waals surface area contributed by atoms with Crippen LogP contribution in [0.25, 0.3) is 49.7 Å².